The minimum atomic E-state index is -0.210. The molecule has 0 saturated heterocycles. The molecule has 0 saturated carbocycles. The second kappa shape index (κ2) is 10.3. The molecule has 3 aromatic rings. The molecule has 0 radical (unpaired) electrons. The Morgan fingerprint density at radius 2 is 1.60 bits per heavy atom. The average Bonchev–Trinajstić information content (AvgIpc) is 3.30. The molecule has 30 heavy (non-hydrogen) atoms. The van der Waals surface area contributed by atoms with E-state index in [0.29, 0.717) is 49.2 Å². The normalized spacial score (nSPS) is 10.5. The third kappa shape index (κ3) is 5.11. The number of amides is 1. The van der Waals surface area contributed by atoms with Crippen LogP contribution in [0.15, 0.2) is 55.1 Å². The predicted octanol–water partition coefficient (Wildman–Crippen LogP) is 4.00. The molecular formula is C23H27N3O4. The highest BCUT2D eigenvalue weighted by Crippen LogP contribution is 2.39. The van der Waals surface area contributed by atoms with Gasteiger partial charge in [-0.1, -0.05) is 12.1 Å². The fraction of sp³-hybridized carbons (Fsp3) is 0.304. The summed E-state index contributed by atoms with van der Waals surface area (Å²) in [6.07, 6.45) is 5.36. The lowest BCUT2D eigenvalue weighted by atomic mass is 10.1. The van der Waals surface area contributed by atoms with Gasteiger partial charge in [0.25, 0.3) is 5.91 Å². The Kier molecular flexibility index (Phi) is 7.32. The number of carbonyl (C=O) groups is 1. The summed E-state index contributed by atoms with van der Waals surface area (Å²) in [5, 5.41) is 2.95. The summed E-state index contributed by atoms with van der Waals surface area (Å²) < 4.78 is 19.0. The molecule has 158 valence electrons. The zero-order chi connectivity index (χ0) is 21.3. The lowest BCUT2D eigenvalue weighted by Crippen LogP contribution is -2.23. The van der Waals surface area contributed by atoms with Crippen molar-refractivity contribution < 1.29 is 19.0 Å². The second-order valence-electron chi connectivity index (χ2n) is 6.42. The molecule has 1 N–H and O–H groups in total. The highest BCUT2D eigenvalue weighted by Gasteiger charge is 2.18. The topological polar surface area (TPSA) is 74.6 Å². The number of hydrogen-bond donors (Lipinski definition) is 1. The minimum absolute atomic E-state index is 0.210. The van der Waals surface area contributed by atoms with E-state index in [4.69, 9.17) is 14.2 Å². The summed E-state index contributed by atoms with van der Waals surface area (Å²) >= 11 is 0. The average molecular weight is 409 g/mol. The number of nitrogens with zero attached hydrogens (tertiary/aromatic N) is 2. The van der Waals surface area contributed by atoms with E-state index >= 15 is 0 Å². The van der Waals surface area contributed by atoms with Crippen LogP contribution in [0, 0.1) is 0 Å². The fourth-order valence-corrected chi connectivity index (χ4v) is 3.00. The van der Waals surface area contributed by atoms with Gasteiger partial charge in [0.2, 0.25) is 5.75 Å². The van der Waals surface area contributed by atoms with Gasteiger partial charge in [0.15, 0.2) is 11.5 Å². The summed E-state index contributed by atoms with van der Waals surface area (Å²) in [5.41, 5.74) is 2.46. The van der Waals surface area contributed by atoms with Crippen molar-refractivity contribution in [3.05, 3.63) is 66.2 Å². The minimum Gasteiger partial charge on any atom is -0.490 e. The summed E-state index contributed by atoms with van der Waals surface area (Å²) in [6.45, 7) is 7.46. The molecule has 1 amide bonds. The Bertz CT molecular complexity index is 926. The first kappa shape index (κ1) is 21.2. The van der Waals surface area contributed by atoms with E-state index < -0.39 is 0 Å². The molecule has 0 unspecified atom stereocenters. The van der Waals surface area contributed by atoms with Crippen molar-refractivity contribution in [2.24, 2.45) is 0 Å². The number of rotatable bonds is 10. The third-order valence-electron chi connectivity index (χ3n) is 4.36. The molecule has 0 atom stereocenters. The molecule has 1 aromatic heterocycles. The van der Waals surface area contributed by atoms with Crippen molar-refractivity contribution in [3.63, 3.8) is 0 Å². The predicted molar refractivity (Wildman–Crippen MR) is 115 cm³/mol. The van der Waals surface area contributed by atoms with Gasteiger partial charge in [0, 0.05) is 30.2 Å². The number of aromatic nitrogens is 2. The number of benzene rings is 2. The van der Waals surface area contributed by atoms with Crippen LogP contribution in [0.25, 0.3) is 5.69 Å². The molecule has 0 aliphatic heterocycles. The molecule has 7 nitrogen and oxygen atoms in total. The van der Waals surface area contributed by atoms with Crippen LogP contribution in [0.4, 0.5) is 0 Å². The van der Waals surface area contributed by atoms with Gasteiger partial charge in [-0.05, 0) is 50.6 Å². The Hall–Kier alpha value is -3.48. The largest absolute Gasteiger partial charge is 0.490 e. The summed E-state index contributed by atoms with van der Waals surface area (Å²) in [6, 6.07) is 11.3. The van der Waals surface area contributed by atoms with E-state index in [1.165, 1.54) is 0 Å². The zero-order valence-electron chi connectivity index (χ0n) is 17.6. The maximum Gasteiger partial charge on any atom is 0.251 e. The van der Waals surface area contributed by atoms with E-state index in [9.17, 15) is 4.79 Å². The monoisotopic (exact) mass is 409 g/mol. The van der Waals surface area contributed by atoms with Gasteiger partial charge in [0.05, 0.1) is 26.1 Å². The van der Waals surface area contributed by atoms with E-state index in [0.717, 1.165) is 11.3 Å². The smallest absolute Gasteiger partial charge is 0.251 e. The van der Waals surface area contributed by atoms with Gasteiger partial charge >= 0.3 is 0 Å². The SMILES string of the molecule is CCOc1cc(C(=O)NCc2ccc(-n3ccnc3)cc2)cc(OCC)c1OCC. The van der Waals surface area contributed by atoms with Gasteiger partial charge in [-0.15, -0.1) is 0 Å². The highest BCUT2D eigenvalue weighted by molar-refractivity contribution is 5.95. The molecule has 0 aliphatic carbocycles. The van der Waals surface area contributed by atoms with E-state index in [-0.39, 0.29) is 5.91 Å². The van der Waals surface area contributed by atoms with Crippen LogP contribution in [-0.2, 0) is 6.54 Å². The fourth-order valence-electron chi connectivity index (χ4n) is 3.00. The molecular weight excluding hydrogens is 382 g/mol. The summed E-state index contributed by atoms with van der Waals surface area (Å²) in [4.78, 5) is 16.8. The first-order valence-electron chi connectivity index (χ1n) is 10.1. The van der Waals surface area contributed by atoms with Crippen LogP contribution in [-0.4, -0.2) is 35.3 Å². The van der Waals surface area contributed by atoms with Crippen LogP contribution < -0.4 is 19.5 Å². The summed E-state index contributed by atoms with van der Waals surface area (Å²) in [5.74, 6) is 1.31. The maximum atomic E-state index is 12.8. The molecule has 2 aromatic carbocycles. The van der Waals surface area contributed by atoms with E-state index in [2.05, 4.69) is 10.3 Å². The number of carbonyl (C=O) groups excluding carboxylic acids is 1. The lowest BCUT2D eigenvalue weighted by Gasteiger charge is -2.17. The third-order valence-corrected chi connectivity index (χ3v) is 4.36. The van der Waals surface area contributed by atoms with Crippen LogP contribution >= 0.6 is 0 Å². The van der Waals surface area contributed by atoms with Crippen molar-refractivity contribution in [2.75, 3.05) is 19.8 Å². The molecule has 0 bridgehead atoms. The van der Waals surface area contributed by atoms with Gasteiger partial charge < -0.3 is 24.1 Å². The molecule has 7 heteroatoms. The van der Waals surface area contributed by atoms with E-state index in [1.807, 2.05) is 55.8 Å². The lowest BCUT2D eigenvalue weighted by molar-refractivity contribution is 0.0949. The van der Waals surface area contributed by atoms with Crippen LogP contribution in [0.5, 0.6) is 17.2 Å². The van der Waals surface area contributed by atoms with Crippen LogP contribution in [0.2, 0.25) is 0 Å². The molecule has 0 fully saturated rings. The maximum absolute atomic E-state index is 12.8. The summed E-state index contributed by atoms with van der Waals surface area (Å²) in [7, 11) is 0. The molecule has 0 spiro atoms. The Balaban J connectivity index is 1.74. The van der Waals surface area contributed by atoms with Crippen LogP contribution in [0.3, 0.4) is 0 Å². The molecule has 3 rings (SSSR count). The first-order chi connectivity index (χ1) is 14.7. The molecule has 0 aliphatic rings. The van der Waals surface area contributed by atoms with Gasteiger partial charge in [-0.3, -0.25) is 4.79 Å². The van der Waals surface area contributed by atoms with Crippen molar-refractivity contribution in [3.8, 4) is 22.9 Å². The van der Waals surface area contributed by atoms with Gasteiger partial charge in [-0.25, -0.2) is 4.98 Å². The van der Waals surface area contributed by atoms with Crippen molar-refractivity contribution in [1.29, 1.82) is 0 Å². The Labute approximate surface area is 176 Å². The van der Waals surface area contributed by atoms with Gasteiger partial charge in [0.1, 0.15) is 0 Å². The zero-order valence-corrected chi connectivity index (χ0v) is 17.6. The van der Waals surface area contributed by atoms with Crippen LogP contribution in [0.1, 0.15) is 36.7 Å². The number of nitrogens with one attached hydrogen (secondary N) is 1. The number of hydrogen-bond acceptors (Lipinski definition) is 5. The Morgan fingerprint density at radius 3 is 2.13 bits per heavy atom. The Morgan fingerprint density at radius 1 is 0.967 bits per heavy atom. The first-order valence-corrected chi connectivity index (χ1v) is 10.1. The van der Waals surface area contributed by atoms with Crippen molar-refractivity contribution >= 4 is 5.91 Å². The van der Waals surface area contributed by atoms with Crippen molar-refractivity contribution in [2.45, 2.75) is 27.3 Å². The van der Waals surface area contributed by atoms with E-state index in [1.54, 1.807) is 24.7 Å². The highest BCUT2D eigenvalue weighted by atomic mass is 16.5. The van der Waals surface area contributed by atoms with Crippen molar-refractivity contribution in [1.82, 2.24) is 14.9 Å². The second-order valence-corrected chi connectivity index (χ2v) is 6.42. The number of ether oxygens (including phenoxy) is 3. The molecule has 1 heterocycles. The standard InChI is InChI=1S/C23H27N3O4/c1-4-28-20-13-18(14-21(29-5-2)22(20)30-6-3)23(27)25-15-17-7-9-19(10-8-17)26-12-11-24-16-26/h7-14,16H,4-6,15H2,1-3H3,(H,25,27). The number of imidazole rings is 1. The quantitative estimate of drug-likeness (QED) is 0.548. The van der Waals surface area contributed by atoms with Gasteiger partial charge in [-0.2, -0.15) is 0 Å².